The summed E-state index contributed by atoms with van der Waals surface area (Å²) in [5.74, 6) is -0.301. The number of hydrogen-bond donors (Lipinski definition) is 1. The van der Waals surface area contributed by atoms with Crippen LogP contribution in [0.25, 0.3) is 32.0 Å². The number of rotatable bonds is 4. The van der Waals surface area contributed by atoms with Crippen LogP contribution in [0.5, 0.6) is 0 Å². The Bertz CT molecular complexity index is 1570. The fourth-order valence-electron chi connectivity index (χ4n) is 3.60. The third-order valence-corrected chi connectivity index (χ3v) is 6.32. The minimum Gasteiger partial charge on any atom is -0.325 e. The lowest BCUT2D eigenvalue weighted by Crippen LogP contribution is -2.37. The molecule has 0 aliphatic carbocycles. The average Bonchev–Trinajstić information content (AvgIpc) is 3.41. The summed E-state index contributed by atoms with van der Waals surface area (Å²) in [5, 5.41) is 3.75. The Kier molecular flexibility index (Phi) is 4.71. The number of benzene rings is 2. The highest BCUT2D eigenvalue weighted by molar-refractivity contribution is 7.21. The number of carbonyl (C=O) groups excluding carboxylic acids is 1. The van der Waals surface area contributed by atoms with Crippen LogP contribution in [0.4, 0.5) is 5.69 Å². The molecule has 160 valence electrons. The number of aryl methyl sites for hydroxylation is 1. The van der Waals surface area contributed by atoms with Gasteiger partial charge in [0.2, 0.25) is 5.91 Å². The maximum absolute atomic E-state index is 12.6. The van der Waals surface area contributed by atoms with Crippen LogP contribution < -0.4 is 16.6 Å². The Hall–Kier alpha value is -4.05. The van der Waals surface area contributed by atoms with Gasteiger partial charge in [0, 0.05) is 25.3 Å². The largest absolute Gasteiger partial charge is 0.332 e. The van der Waals surface area contributed by atoms with E-state index in [1.54, 1.807) is 18.4 Å². The number of carbonyl (C=O) groups is 1. The van der Waals surface area contributed by atoms with Crippen molar-refractivity contribution in [3.63, 3.8) is 0 Å². The topological polar surface area (TPSA) is 104 Å². The van der Waals surface area contributed by atoms with Crippen LogP contribution in [0.2, 0.25) is 0 Å². The third kappa shape index (κ3) is 3.30. The van der Waals surface area contributed by atoms with Gasteiger partial charge in [-0.05, 0) is 36.4 Å². The highest BCUT2D eigenvalue weighted by Crippen LogP contribution is 2.30. The normalized spacial score (nSPS) is 11.3. The van der Waals surface area contributed by atoms with Crippen LogP contribution in [0.15, 0.2) is 64.4 Å². The molecule has 32 heavy (non-hydrogen) atoms. The number of para-hydroxylation sites is 1. The van der Waals surface area contributed by atoms with Crippen molar-refractivity contribution in [1.29, 1.82) is 0 Å². The lowest BCUT2D eigenvalue weighted by atomic mass is 10.2. The molecule has 0 aliphatic heterocycles. The summed E-state index contributed by atoms with van der Waals surface area (Å²) in [6.07, 6.45) is 1.39. The van der Waals surface area contributed by atoms with Crippen molar-refractivity contribution < 1.29 is 4.79 Å². The molecule has 5 aromatic rings. The number of aromatic nitrogens is 5. The van der Waals surface area contributed by atoms with Crippen LogP contribution in [-0.2, 0) is 25.4 Å². The first kappa shape index (κ1) is 19.9. The van der Waals surface area contributed by atoms with Crippen LogP contribution in [0.3, 0.4) is 0 Å². The van der Waals surface area contributed by atoms with Gasteiger partial charge in [-0.15, -0.1) is 11.3 Å². The number of nitrogens with zero attached hydrogens (tertiary/aromatic N) is 5. The molecular weight excluding hydrogens is 428 g/mol. The van der Waals surface area contributed by atoms with E-state index in [1.807, 2.05) is 48.5 Å². The predicted molar refractivity (Wildman–Crippen MR) is 124 cm³/mol. The molecule has 9 nitrogen and oxygen atoms in total. The summed E-state index contributed by atoms with van der Waals surface area (Å²) >= 11 is 1.61. The molecule has 1 N–H and O–H groups in total. The molecule has 0 unspecified atom stereocenters. The van der Waals surface area contributed by atoms with Crippen molar-refractivity contribution in [2.75, 3.05) is 5.32 Å². The molecule has 3 heterocycles. The zero-order chi connectivity index (χ0) is 22.4. The van der Waals surface area contributed by atoms with Crippen molar-refractivity contribution in [1.82, 2.24) is 23.7 Å². The maximum atomic E-state index is 12.6. The zero-order valence-corrected chi connectivity index (χ0v) is 18.1. The van der Waals surface area contributed by atoms with Crippen molar-refractivity contribution in [3.05, 3.63) is 75.7 Å². The first-order chi connectivity index (χ1) is 15.4. The number of imidazole rings is 1. The van der Waals surface area contributed by atoms with Gasteiger partial charge in [0.15, 0.2) is 5.52 Å². The molecule has 1 amide bonds. The summed E-state index contributed by atoms with van der Waals surface area (Å²) < 4.78 is 4.91. The summed E-state index contributed by atoms with van der Waals surface area (Å²) in [6, 6.07) is 15.4. The molecule has 5 rings (SSSR count). The number of nitrogens with one attached hydrogen (secondary N) is 1. The van der Waals surface area contributed by atoms with Gasteiger partial charge in [-0.25, -0.2) is 14.8 Å². The van der Waals surface area contributed by atoms with E-state index in [0.717, 1.165) is 25.4 Å². The second kappa shape index (κ2) is 7.57. The first-order valence-corrected chi connectivity index (χ1v) is 10.6. The standard InChI is InChI=1S/C22H18N6O3S/c1-26-20-18(21(30)27(2)22(26)31)23-12-28(20)11-17(29)24-14-9-7-13(8-10-14)19-25-15-5-3-4-6-16(15)32-19/h3-10,12H,11H2,1-2H3,(H,24,29). The smallest absolute Gasteiger partial charge is 0.325 e. The number of thiazole rings is 1. The molecule has 0 saturated carbocycles. The van der Waals surface area contributed by atoms with E-state index in [0.29, 0.717) is 11.3 Å². The minimum absolute atomic E-state index is 0.0867. The molecule has 0 radical (unpaired) electrons. The van der Waals surface area contributed by atoms with E-state index >= 15 is 0 Å². The van der Waals surface area contributed by atoms with Gasteiger partial charge >= 0.3 is 5.69 Å². The number of fused-ring (bicyclic) bond motifs is 2. The Morgan fingerprint density at radius 3 is 2.53 bits per heavy atom. The van der Waals surface area contributed by atoms with Gasteiger partial charge in [-0.2, -0.15) is 0 Å². The van der Waals surface area contributed by atoms with Gasteiger partial charge in [0.25, 0.3) is 5.56 Å². The Labute approximate surface area is 185 Å². The highest BCUT2D eigenvalue weighted by Gasteiger charge is 2.16. The van der Waals surface area contributed by atoms with Crippen LogP contribution in [0.1, 0.15) is 0 Å². The lowest BCUT2D eigenvalue weighted by molar-refractivity contribution is -0.116. The van der Waals surface area contributed by atoms with Gasteiger partial charge in [-0.1, -0.05) is 12.1 Å². The molecule has 0 spiro atoms. The molecule has 0 bridgehead atoms. The Morgan fingerprint density at radius 2 is 1.78 bits per heavy atom. The fraction of sp³-hybridized carbons (Fsp3) is 0.136. The predicted octanol–water partition coefficient (Wildman–Crippen LogP) is 2.35. The van der Waals surface area contributed by atoms with E-state index in [4.69, 9.17) is 0 Å². The van der Waals surface area contributed by atoms with E-state index in [1.165, 1.54) is 22.5 Å². The summed E-state index contributed by atoms with van der Waals surface area (Å²) in [7, 11) is 2.94. The van der Waals surface area contributed by atoms with Crippen LogP contribution in [0, 0.1) is 0 Å². The number of anilines is 1. The van der Waals surface area contributed by atoms with E-state index in [9.17, 15) is 14.4 Å². The van der Waals surface area contributed by atoms with Crippen molar-refractivity contribution >= 4 is 44.3 Å². The molecule has 0 saturated heterocycles. The fourth-order valence-corrected chi connectivity index (χ4v) is 4.57. The molecule has 3 aromatic heterocycles. The molecule has 2 aromatic carbocycles. The van der Waals surface area contributed by atoms with E-state index in [2.05, 4.69) is 15.3 Å². The highest BCUT2D eigenvalue weighted by atomic mass is 32.1. The molecule has 10 heteroatoms. The van der Waals surface area contributed by atoms with Gasteiger partial charge in [-0.3, -0.25) is 18.7 Å². The molecule has 0 atom stereocenters. The van der Waals surface area contributed by atoms with Crippen molar-refractivity contribution in [3.8, 4) is 10.6 Å². The third-order valence-electron chi connectivity index (χ3n) is 5.23. The van der Waals surface area contributed by atoms with Crippen molar-refractivity contribution in [2.45, 2.75) is 6.54 Å². The Balaban J connectivity index is 1.36. The lowest BCUT2D eigenvalue weighted by Gasteiger charge is -2.09. The SMILES string of the molecule is Cn1c(=O)c2ncn(CC(=O)Nc3ccc(-c4nc5ccccc5s4)cc3)c2n(C)c1=O. The van der Waals surface area contributed by atoms with Crippen molar-refractivity contribution in [2.24, 2.45) is 14.1 Å². The Morgan fingerprint density at radius 1 is 1.03 bits per heavy atom. The number of hydrogen-bond acceptors (Lipinski definition) is 6. The average molecular weight is 446 g/mol. The quantitative estimate of drug-likeness (QED) is 0.456. The van der Waals surface area contributed by atoms with Gasteiger partial charge in [0.1, 0.15) is 17.2 Å². The summed E-state index contributed by atoms with van der Waals surface area (Å²) in [5.41, 5.74) is 2.04. The second-order valence-corrected chi connectivity index (χ2v) is 8.39. The zero-order valence-electron chi connectivity index (χ0n) is 17.3. The molecular formula is C22H18N6O3S. The van der Waals surface area contributed by atoms with Gasteiger partial charge < -0.3 is 9.88 Å². The second-order valence-electron chi connectivity index (χ2n) is 7.36. The van der Waals surface area contributed by atoms with E-state index < -0.39 is 11.2 Å². The number of amides is 1. The van der Waals surface area contributed by atoms with E-state index in [-0.39, 0.29) is 18.0 Å². The summed E-state index contributed by atoms with van der Waals surface area (Å²) in [4.78, 5) is 45.8. The van der Waals surface area contributed by atoms with Crippen LogP contribution in [-0.4, -0.2) is 29.6 Å². The molecule has 0 aliphatic rings. The summed E-state index contributed by atoms with van der Waals surface area (Å²) in [6.45, 7) is -0.0867. The maximum Gasteiger partial charge on any atom is 0.332 e. The molecule has 0 fully saturated rings. The van der Waals surface area contributed by atoms with Gasteiger partial charge in [0.05, 0.1) is 16.5 Å². The monoisotopic (exact) mass is 446 g/mol. The minimum atomic E-state index is -0.493. The van der Waals surface area contributed by atoms with Crippen LogP contribution >= 0.6 is 11.3 Å². The first-order valence-electron chi connectivity index (χ1n) is 9.79.